The van der Waals surface area contributed by atoms with Crippen LogP contribution in [-0.2, 0) is 9.59 Å². The van der Waals surface area contributed by atoms with Crippen molar-refractivity contribution in [1.29, 1.82) is 0 Å². The van der Waals surface area contributed by atoms with Gasteiger partial charge in [0.25, 0.3) is 0 Å². The molecule has 0 aliphatic rings. The molecule has 0 aliphatic heterocycles. The summed E-state index contributed by atoms with van der Waals surface area (Å²) >= 11 is 2.52. The first-order chi connectivity index (χ1) is 12.3. The van der Waals surface area contributed by atoms with Crippen LogP contribution in [0, 0.1) is 5.41 Å². The van der Waals surface area contributed by atoms with E-state index in [4.69, 9.17) is 4.74 Å². The number of anilines is 2. The molecule has 2 aromatic rings. The van der Waals surface area contributed by atoms with E-state index in [1.165, 1.54) is 23.1 Å². The number of rotatable bonds is 7. The third-order valence-corrected chi connectivity index (χ3v) is 5.06. The van der Waals surface area contributed by atoms with E-state index in [0.717, 1.165) is 5.75 Å². The Balaban J connectivity index is 1.81. The van der Waals surface area contributed by atoms with Gasteiger partial charge < -0.3 is 15.4 Å². The minimum atomic E-state index is -0.503. The minimum absolute atomic E-state index is 0.126. The van der Waals surface area contributed by atoms with E-state index in [9.17, 15) is 9.59 Å². The molecule has 26 heavy (non-hydrogen) atoms. The first-order valence-electron chi connectivity index (χ1n) is 8.08. The highest BCUT2D eigenvalue weighted by atomic mass is 32.2. The second-order valence-corrected chi connectivity index (χ2v) is 8.57. The van der Waals surface area contributed by atoms with Crippen LogP contribution >= 0.6 is 23.1 Å². The predicted molar refractivity (Wildman–Crippen MR) is 105 cm³/mol. The number of ether oxygens (including phenoxy) is 1. The van der Waals surface area contributed by atoms with Crippen molar-refractivity contribution in [3.05, 3.63) is 24.3 Å². The number of nitrogens with one attached hydrogen (secondary N) is 2. The van der Waals surface area contributed by atoms with Crippen molar-refractivity contribution < 1.29 is 14.3 Å². The fraction of sp³-hybridized carbons (Fsp3) is 0.412. The summed E-state index contributed by atoms with van der Waals surface area (Å²) in [6.07, 6.45) is 0. The van der Waals surface area contributed by atoms with E-state index in [-0.39, 0.29) is 17.6 Å². The second kappa shape index (κ2) is 9.00. The van der Waals surface area contributed by atoms with E-state index in [2.05, 4.69) is 20.8 Å². The van der Waals surface area contributed by atoms with Crippen LogP contribution in [0.15, 0.2) is 28.6 Å². The lowest BCUT2D eigenvalue weighted by atomic mass is 9.96. The number of nitrogens with zero attached hydrogens (tertiary/aromatic N) is 2. The van der Waals surface area contributed by atoms with Gasteiger partial charge in [0.05, 0.1) is 12.4 Å². The third-order valence-electron chi connectivity index (χ3n) is 3.08. The number of benzene rings is 1. The molecule has 0 unspecified atom stereocenters. The average Bonchev–Trinajstić information content (AvgIpc) is 3.02. The highest BCUT2D eigenvalue weighted by Gasteiger charge is 2.22. The number of hydrogen-bond acceptors (Lipinski definition) is 7. The summed E-state index contributed by atoms with van der Waals surface area (Å²) in [6.45, 7) is 7.99. The van der Waals surface area contributed by atoms with Gasteiger partial charge in [-0.3, -0.25) is 9.59 Å². The van der Waals surface area contributed by atoms with Crippen LogP contribution in [0.2, 0.25) is 0 Å². The quantitative estimate of drug-likeness (QED) is 0.550. The van der Waals surface area contributed by atoms with Crippen molar-refractivity contribution in [2.24, 2.45) is 5.41 Å². The lowest BCUT2D eigenvalue weighted by Gasteiger charge is -2.15. The zero-order valence-electron chi connectivity index (χ0n) is 15.2. The maximum absolute atomic E-state index is 12.0. The highest BCUT2D eigenvalue weighted by molar-refractivity contribution is 8.01. The summed E-state index contributed by atoms with van der Waals surface area (Å²) in [4.78, 5) is 24.0. The summed E-state index contributed by atoms with van der Waals surface area (Å²) < 4.78 is 5.98. The molecule has 140 valence electrons. The number of carbonyl (C=O) groups excluding carboxylic acids is 2. The molecule has 1 aromatic heterocycles. The third kappa shape index (κ3) is 6.30. The topological polar surface area (TPSA) is 93.2 Å². The molecule has 0 atom stereocenters. The summed E-state index contributed by atoms with van der Waals surface area (Å²) in [5, 5.41) is 13.9. The SMILES string of the molecule is CCOc1ccc(NC(=O)CSc2nnc(NC(=O)C(C)(C)C)s2)cc1. The van der Waals surface area contributed by atoms with Crippen molar-refractivity contribution in [3.63, 3.8) is 0 Å². The van der Waals surface area contributed by atoms with E-state index < -0.39 is 5.41 Å². The molecule has 0 radical (unpaired) electrons. The van der Waals surface area contributed by atoms with Gasteiger partial charge in [-0.15, -0.1) is 10.2 Å². The second-order valence-electron chi connectivity index (χ2n) is 6.37. The number of thioether (sulfide) groups is 1. The van der Waals surface area contributed by atoms with Gasteiger partial charge >= 0.3 is 0 Å². The molecule has 0 spiro atoms. The fourth-order valence-corrected chi connectivity index (χ4v) is 3.28. The Morgan fingerprint density at radius 3 is 2.46 bits per heavy atom. The minimum Gasteiger partial charge on any atom is -0.494 e. The van der Waals surface area contributed by atoms with Gasteiger partial charge in [-0.2, -0.15) is 0 Å². The van der Waals surface area contributed by atoms with E-state index >= 15 is 0 Å². The van der Waals surface area contributed by atoms with E-state index in [1.807, 2.05) is 27.7 Å². The molecule has 2 amide bonds. The van der Waals surface area contributed by atoms with Gasteiger partial charge in [0, 0.05) is 11.1 Å². The zero-order valence-corrected chi connectivity index (χ0v) is 16.8. The Morgan fingerprint density at radius 2 is 1.85 bits per heavy atom. The van der Waals surface area contributed by atoms with Gasteiger partial charge in [-0.25, -0.2) is 0 Å². The molecule has 9 heteroatoms. The Labute approximate surface area is 160 Å². The van der Waals surface area contributed by atoms with Crippen LogP contribution in [0.3, 0.4) is 0 Å². The maximum atomic E-state index is 12.0. The zero-order chi connectivity index (χ0) is 19.2. The van der Waals surface area contributed by atoms with Crippen molar-refractivity contribution in [2.75, 3.05) is 23.0 Å². The van der Waals surface area contributed by atoms with Crippen LogP contribution in [0.5, 0.6) is 5.75 Å². The standard InChI is InChI=1S/C17H22N4O3S2/c1-5-24-12-8-6-11(7-9-12)18-13(22)10-25-16-21-20-15(26-16)19-14(23)17(2,3)4/h6-9H,5,10H2,1-4H3,(H,18,22)(H,19,20,23). The molecule has 1 aromatic carbocycles. The summed E-state index contributed by atoms with van der Waals surface area (Å²) in [5.41, 5.74) is 0.200. The average molecular weight is 395 g/mol. The molecular weight excluding hydrogens is 372 g/mol. The molecule has 0 saturated carbocycles. The first kappa shape index (κ1) is 20.2. The van der Waals surface area contributed by atoms with Crippen LogP contribution in [0.4, 0.5) is 10.8 Å². The normalized spacial score (nSPS) is 11.1. The van der Waals surface area contributed by atoms with Crippen LogP contribution < -0.4 is 15.4 Å². The van der Waals surface area contributed by atoms with Gasteiger partial charge in [0.15, 0.2) is 4.34 Å². The number of carbonyl (C=O) groups is 2. The number of hydrogen-bond donors (Lipinski definition) is 2. The van der Waals surface area contributed by atoms with Crippen LogP contribution in [0.1, 0.15) is 27.7 Å². The lowest BCUT2D eigenvalue weighted by Crippen LogP contribution is -2.27. The molecule has 2 N–H and O–H groups in total. The maximum Gasteiger partial charge on any atom is 0.234 e. The Bertz CT molecular complexity index is 754. The van der Waals surface area contributed by atoms with Crippen molar-refractivity contribution in [1.82, 2.24) is 10.2 Å². The van der Waals surface area contributed by atoms with E-state index in [0.29, 0.717) is 21.8 Å². The predicted octanol–water partition coefficient (Wildman–Crippen LogP) is 3.65. The largest absolute Gasteiger partial charge is 0.494 e. The molecule has 2 rings (SSSR count). The van der Waals surface area contributed by atoms with Crippen LogP contribution in [-0.4, -0.2) is 34.4 Å². The van der Waals surface area contributed by atoms with Gasteiger partial charge in [0.1, 0.15) is 5.75 Å². The van der Waals surface area contributed by atoms with Gasteiger partial charge in [0.2, 0.25) is 16.9 Å². The van der Waals surface area contributed by atoms with Crippen LogP contribution in [0.25, 0.3) is 0 Å². The van der Waals surface area contributed by atoms with Gasteiger partial charge in [-0.1, -0.05) is 43.9 Å². The highest BCUT2D eigenvalue weighted by Crippen LogP contribution is 2.27. The summed E-state index contributed by atoms with van der Waals surface area (Å²) in [6, 6.07) is 7.19. The summed E-state index contributed by atoms with van der Waals surface area (Å²) in [5.74, 6) is 0.696. The smallest absolute Gasteiger partial charge is 0.234 e. The Morgan fingerprint density at radius 1 is 1.15 bits per heavy atom. The first-order valence-corrected chi connectivity index (χ1v) is 9.88. The number of amides is 2. The fourth-order valence-electron chi connectivity index (χ4n) is 1.73. The molecule has 7 nitrogen and oxygen atoms in total. The monoisotopic (exact) mass is 394 g/mol. The molecule has 0 saturated heterocycles. The molecule has 0 fully saturated rings. The van der Waals surface area contributed by atoms with Gasteiger partial charge in [-0.05, 0) is 31.2 Å². The Kier molecular flexibility index (Phi) is 6.98. The van der Waals surface area contributed by atoms with Crippen molar-refractivity contribution in [3.8, 4) is 5.75 Å². The summed E-state index contributed by atoms with van der Waals surface area (Å²) in [7, 11) is 0. The molecule has 1 heterocycles. The Hall–Kier alpha value is -2.13. The van der Waals surface area contributed by atoms with E-state index in [1.54, 1.807) is 24.3 Å². The molecular formula is C17H22N4O3S2. The van der Waals surface area contributed by atoms with Crippen molar-refractivity contribution in [2.45, 2.75) is 32.0 Å². The molecule has 0 bridgehead atoms. The molecule has 0 aliphatic carbocycles. The van der Waals surface area contributed by atoms with Crippen molar-refractivity contribution >= 4 is 45.7 Å². The number of aromatic nitrogens is 2. The lowest BCUT2D eigenvalue weighted by molar-refractivity contribution is -0.123.